The normalized spacial score (nSPS) is 17.1. The van der Waals surface area contributed by atoms with Crippen molar-refractivity contribution in [2.45, 2.75) is 12.8 Å². The molecule has 0 amide bonds. The second kappa shape index (κ2) is 5.69. The van der Waals surface area contributed by atoms with Gasteiger partial charge in [-0.25, -0.2) is 5.41 Å². The van der Waals surface area contributed by atoms with Crippen LogP contribution in [0, 0.1) is 5.41 Å². The standard InChI is InChI=1S/C13H15N2S/c14-11-15-13(10-16-8-4-5-9-16)12-6-2-1-3-7-12/h1-3,6-7,10,14H,4-5,8-9H2/q+1/b13-10+. The van der Waals surface area contributed by atoms with Crippen molar-refractivity contribution < 1.29 is 0 Å². The van der Waals surface area contributed by atoms with E-state index in [0.717, 1.165) is 11.3 Å². The summed E-state index contributed by atoms with van der Waals surface area (Å²) in [5.41, 5.74) is 1.99. The lowest BCUT2D eigenvalue weighted by molar-refractivity contribution is 0.949. The minimum Gasteiger partial charge on any atom is -0.241 e. The van der Waals surface area contributed by atoms with Gasteiger partial charge in [-0.15, -0.1) is 0 Å². The molecule has 2 nitrogen and oxygen atoms in total. The summed E-state index contributed by atoms with van der Waals surface area (Å²) in [7, 11) is 0.362. The lowest BCUT2D eigenvalue weighted by Gasteiger charge is -1.99. The Morgan fingerprint density at radius 3 is 2.56 bits per heavy atom. The van der Waals surface area contributed by atoms with Crippen molar-refractivity contribution in [3.63, 3.8) is 0 Å². The molecule has 1 aliphatic rings. The lowest BCUT2D eigenvalue weighted by atomic mass is 10.2. The molecule has 0 radical (unpaired) electrons. The molecule has 0 bridgehead atoms. The molecule has 0 spiro atoms. The molecule has 1 N–H and O–H groups in total. The third-order valence-corrected chi connectivity index (χ3v) is 4.77. The fourth-order valence-electron chi connectivity index (χ4n) is 1.78. The lowest BCUT2D eigenvalue weighted by Crippen LogP contribution is -1.99. The molecule has 16 heavy (non-hydrogen) atoms. The summed E-state index contributed by atoms with van der Waals surface area (Å²) in [6, 6.07) is 12.2. The molecule has 1 saturated heterocycles. The molecule has 0 saturated carbocycles. The predicted molar refractivity (Wildman–Crippen MR) is 70.9 cm³/mol. The first-order valence-corrected chi connectivity index (χ1v) is 7.09. The van der Waals surface area contributed by atoms with Gasteiger partial charge in [-0.3, -0.25) is 0 Å². The van der Waals surface area contributed by atoms with Gasteiger partial charge in [-0.1, -0.05) is 30.3 Å². The zero-order chi connectivity index (χ0) is 11.2. The topological polar surface area (TPSA) is 36.2 Å². The SMILES string of the molecule is N=C=N/C(=C/[S+]1CCCC1)c1ccccc1. The van der Waals surface area contributed by atoms with Crippen LogP contribution in [0.4, 0.5) is 0 Å². The summed E-state index contributed by atoms with van der Waals surface area (Å²) in [5.74, 6) is 2.56. The fraction of sp³-hybridized carbons (Fsp3) is 0.308. The van der Waals surface area contributed by atoms with Crippen molar-refractivity contribution in [1.82, 2.24) is 0 Å². The van der Waals surface area contributed by atoms with Crippen molar-refractivity contribution in [2.75, 3.05) is 11.5 Å². The van der Waals surface area contributed by atoms with E-state index in [1.807, 2.05) is 30.3 Å². The van der Waals surface area contributed by atoms with Crippen LogP contribution in [-0.2, 0) is 10.9 Å². The van der Waals surface area contributed by atoms with Gasteiger partial charge >= 0.3 is 0 Å². The van der Waals surface area contributed by atoms with Gasteiger partial charge < -0.3 is 0 Å². The highest BCUT2D eigenvalue weighted by molar-refractivity contribution is 8.00. The highest BCUT2D eigenvalue weighted by atomic mass is 32.2. The maximum atomic E-state index is 7.00. The van der Waals surface area contributed by atoms with E-state index in [4.69, 9.17) is 5.41 Å². The van der Waals surface area contributed by atoms with Crippen LogP contribution in [-0.4, -0.2) is 17.5 Å². The predicted octanol–water partition coefficient (Wildman–Crippen LogP) is 3.15. The number of nitrogens with zero attached hydrogens (tertiary/aromatic N) is 1. The average molecular weight is 231 g/mol. The van der Waals surface area contributed by atoms with Crippen LogP contribution >= 0.6 is 0 Å². The Kier molecular flexibility index (Phi) is 3.97. The molecule has 0 atom stereocenters. The Morgan fingerprint density at radius 2 is 1.94 bits per heavy atom. The van der Waals surface area contributed by atoms with Gasteiger partial charge in [0.15, 0.2) is 0 Å². The van der Waals surface area contributed by atoms with Crippen molar-refractivity contribution in [3.05, 3.63) is 41.3 Å². The summed E-state index contributed by atoms with van der Waals surface area (Å²) in [6.07, 6.45) is 2.66. The number of aliphatic imine (C=N–C) groups is 1. The minimum atomic E-state index is 0.362. The van der Waals surface area contributed by atoms with Gasteiger partial charge in [-0.05, 0) is 12.8 Å². The van der Waals surface area contributed by atoms with Crippen molar-refractivity contribution in [3.8, 4) is 0 Å². The molecule has 1 aromatic carbocycles. The average Bonchev–Trinajstić information content (AvgIpc) is 2.83. The van der Waals surface area contributed by atoms with Crippen LogP contribution in [0.15, 0.2) is 40.7 Å². The highest BCUT2D eigenvalue weighted by Crippen LogP contribution is 2.22. The van der Waals surface area contributed by atoms with Crippen LogP contribution in [0.25, 0.3) is 5.70 Å². The van der Waals surface area contributed by atoms with Crippen molar-refractivity contribution >= 4 is 22.6 Å². The van der Waals surface area contributed by atoms with Gasteiger partial charge in [0.1, 0.15) is 22.6 Å². The molecule has 0 aliphatic carbocycles. The molecule has 2 rings (SSSR count). The van der Waals surface area contributed by atoms with Gasteiger partial charge in [0.25, 0.3) is 0 Å². The molecular weight excluding hydrogens is 216 g/mol. The van der Waals surface area contributed by atoms with Crippen molar-refractivity contribution in [1.29, 1.82) is 5.41 Å². The Balaban J connectivity index is 2.26. The summed E-state index contributed by atoms with van der Waals surface area (Å²) < 4.78 is 0. The first-order valence-electron chi connectivity index (χ1n) is 5.46. The zero-order valence-corrected chi connectivity index (χ0v) is 9.96. The molecule has 1 aromatic rings. The molecule has 1 fully saturated rings. The van der Waals surface area contributed by atoms with Crippen LogP contribution in [0.1, 0.15) is 18.4 Å². The van der Waals surface area contributed by atoms with Gasteiger partial charge in [0.05, 0.1) is 6.01 Å². The quantitative estimate of drug-likeness (QED) is 0.613. The van der Waals surface area contributed by atoms with E-state index >= 15 is 0 Å². The molecular formula is C13H15N2S+. The van der Waals surface area contributed by atoms with E-state index in [1.165, 1.54) is 24.3 Å². The summed E-state index contributed by atoms with van der Waals surface area (Å²) >= 11 is 0. The number of rotatable bonds is 3. The molecule has 0 unspecified atom stereocenters. The molecule has 82 valence electrons. The number of hydrogen-bond acceptors (Lipinski definition) is 2. The second-order valence-electron chi connectivity index (χ2n) is 3.75. The second-order valence-corrected chi connectivity index (χ2v) is 5.87. The number of hydrogen-bond donors (Lipinski definition) is 1. The Morgan fingerprint density at radius 1 is 1.25 bits per heavy atom. The van der Waals surface area contributed by atoms with Crippen LogP contribution in [0.3, 0.4) is 0 Å². The molecule has 3 heteroatoms. The zero-order valence-electron chi connectivity index (χ0n) is 9.15. The first-order chi connectivity index (χ1) is 7.90. The molecule has 1 heterocycles. The van der Waals surface area contributed by atoms with E-state index in [9.17, 15) is 0 Å². The van der Waals surface area contributed by atoms with Gasteiger partial charge in [0, 0.05) is 16.5 Å². The molecule has 0 aromatic heterocycles. The number of benzene rings is 1. The van der Waals surface area contributed by atoms with E-state index in [2.05, 4.69) is 16.4 Å². The summed E-state index contributed by atoms with van der Waals surface area (Å²) in [6.45, 7) is 0. The monoisotopic (exact) mass is 231 g/mol. The maximum absolute atomic E-state index is 7.00. The third kappa shape index (κ3) is 2.84. The van der Waals surface area contributed by atoms with E-state index in [1.54, 1.807) is 0 Å². The smallest absolute Gasteiger partial charge is 0.146 e. The van der Waals surface area contributed by atoms with Crippen LogP contribution in [0.5, 0.6) is 0 Å². The number of nitrogens with one attached hydrogen (secondary N) is 1. The van der Waals surface area contributed by atoms with E-state index < -0.39 is 0 Å². The maximum Gasteiger partial charge on any atom is 0.146 e. The van der Waals surface area contributed by atoms with E-state index in [-0.39, 0.29) is 0 Å². The Bertz CT molecular complexity index is 413. The van der Waals surface area contributed by atoms with Crippen LogP contribution in [0.2, 0.25) is 0 Å². The van der Waals surface area contributed by atoms with Gasteiger partial charge in [-0.2, -0.15) is 4.99 Å². The van der Waals surface area contributed by atoms with E-state index in [0.29, 0.717) is 10.9 Å². The summed E-state index contributed by atoms with van der Waals surface area (Å²) in [5, 5.41) is 9.23. The molecule has 1 aliphatic heterocycles. The fourth-order valence-corrected chi connectivity index (χ4v) is 3.87. The summed E-state index contributed by atoms with van der Waals surface area (Å²) in [4.78, 5) is 4.04. The Labute approximate surface area is 99.0 Å². The Hall–Kier alpha value is -1.31. The van der Waals surface area contributed by atoms with Crippen molar-refractivity contribution in [2.24, 2.45) is 4.99 Å². The highest BCUT2D eigenvalue weighted by Gasteiger charge is 2.22. The largest absolute Gasteiger partial charge is 0.241 e. The van der Waals surface area contributed by atoms with Gasteiger partial charge in [0.2, 0.25) is 0 Å². The minimum absolute atomic E-state index is 0.362. The first kappa shape index (κ1) is 11.2. The van der Waals surface area contributed by atoms with Crippen LogP contribution < -0.4 is 0 Å². The third-order valence-electron chi connectivity index (χ3n) is 2.59.